The molecule has 0 saturated carbocycles. The van der Waals surface area contributed by atoms with Gasteiger partial charge in [-0.2, -0.15) is 5.10 Å². The molecule has 0 fully saturated rings. The molecule has 0 N–H and O–H groups in total. The first-order valence-corrected chi connectivity index (χ1v) is 16.1. The van der Waals surface area contributed by atoms with Crippen molar-refractivity contribution in [3.8, 4) is 39.9 Å². The van der Waals surface area contributed by atoms with Crippen molar-refractivity contribution < 1.29 is 28.5 Å². The highest BCUT2D eigenvalue weighted by Crippen LogP contribution is 2.38. The third-order valence-corrected chi connectivity index (χ3v) is 7.70. The molecule has 8 nitrogen and oxygen atoms in total. The van der Waals surface area contributed by atoms with E-state index in [2.05, 4.69) is 37.1 Å². The van der Waals surface area contributed by atoms with Crippen molar-refractivity contribution in [2.75, 3.05) is 20.3 Å². The second kappa shape index (κ2) is 16.4. The molecule has 47 heavy (non-hydrogen) atoms. The Kier molecular flexibility index (Phi) is 11.5. The van der Waals surface area contributed by atoms with Crippen LogP contribution < -0.4 is 18.9 Å². The van der Waals surface area contributed by atoms with Gasteiger partial charge in [0.05, 0.1) is 26.5 Å². The molecule has 1 heterocycles. The van der Waals surface area contributed by atoms with E-state index in [0.29, 0.717) is 43.3 Å². The normalized spacial score (nSPS) is 10.8. The van der Waals surface area contributed by atoms with Gasteiger partial charge in [-0.15, -0.1) is 0 Å². The molecule has 5 rings (SSSR count). The van der Waals surface area contributed by atoms with Gasteiger partial charge in [0.15, 0.2) is 0 Å². The Morgan fingerprint density at radius 3 is 2.23 bits per heavy atom. The zero-order valence-corrected chi connectivity index (χ0v) is 27.5. The lowest BCUT2D eigenvalue weighted by Crippen LogP contribution is -2.08. The molecule has 0 unspecified atom stereocenters. The van der Waals surface area contributed by atoms with Crippen molar-refractivity contribution >= 4 is 5.97 Å². The maximum absolute atomic E-state index is 12.3. The fourth-order valence-electron chi connectivity index (χ4n) is 5.31. The van der Waals surface area contributed by atoms with Crippen LogP contribution in [0.4, 0.5) is 0 Å². The van der Waals surface area contributed by atoms with E-state index in [1.165, 1.54) is 7.11 Å². The molecule has 4 aromatic carbocycles. The smallest absolute Gasteiger partial charge is 0.341 e. The average Bonchev–Trinajstić information content (AvgIpc) is 3.54. The van der Waals surface area contributed by atoms with Crippen LogP contribution in [0.2, 0.25) is 0 Å². The average molecular weight is 635 g/mol. The van der Waals surface area contributed by atoms with Gasteiger partial charge in [0, 0.05) is 42.4 Å². The molecule has 0 spiro atoms. The summed E-state index contributed by atoms with van der Waals surface area (Å²) in [4.78, 5) is 12.3. The standard InChI is InChI=1S/C39H42N2O6/c1-5-14-31-34(19-12-20-35(31)47-36-18-11-10-17-32(36)39(42)43-4)44-21-13-22-45-37-24-38(46-27-28-15-8-7-9-16-28)33(23-29(37)6-2)30-25-40-41(3)26-30/h7-12,15-20,23-26H,5-6,13-14,21-22,27H2,1-4H3. The monoisotopic (exact) mass is 634 g/mol. The largest absolute Gasteiger partial charge is 0.493 e. The fourth-order valence-corrected chi connectivity index (χ4v) is 5.31. The molecular formula is C39H42N2O6. The highest BCUT2D eigenvalue weighted by atomic mass is 16.5. The van der Waals surface area contributed by atoms with Gasteiger partial charge in [-0.3, -0.25) is 4.68 Å². The highest BCUT2D eigenvalue weighted by molar-refractivity contribution is 5.92. The number of aromatic nitrogens is 2. The maximum Gasteiger partial charge on any atom is 0.341 e. The van der Waals surface area contributed by atoms with Crippen LogP contribution in [-0.4, -0.2) is 36.1 Å². The van der Waals surface area contributed by atoms with Crippen LogP contribution in [0.3, 0.4) is 0 Å². The predicted octanol–water partition coefficient (Wildman–Crippen LogP) is 8.61. The van der Waals surface area contributed by atoms with Crippen molar-refractivity contribution in [3.05, 3.63) is 120 Å². The molecule has 0 amide bonds. The molecule has 1 aromatic heterocycles. The van der Waals surface area contributed by atoms with Crippen LogP contribution in [-0.2, 0) is 31.2 Å². The molecular weight excluding hydrogens is 592 g/mol. The second-order valence-corrected chi connectivity index (χ2v) is 11.1. The number of esters is 1. The summed E-state index contributed by atoms with van der Waals surface area (Å²) < 4.78 is 31.9. The summed E-state index contributed by atoms with van der Waals surface area (Å²) in [5.41, 5.74) is 5.49. The highest BCUT2D eigenvalue weighted by Gasteiger charge is 2.18. The molecule has 0 saturated heterocycles. The minimum Gasteiger partial charge on any atom is -0.493 e. The topological polar surface area (TPSA) is 81.0 Å². The summed E-state index contributed by atoms with van der Waals surface area (Å²) in [7, 11) is 3.27. The molecule has 0 aliphatic heterocycles. The fraction of sp³-hybridized carbons (Fsp3) is 0.282. The van der Waals surface area contributed by atoms with E-state index in [0.717, 1.165) is 64.3 Å². The number of carbonyl (C=O) groups excluding carboxylic acids is 1. The summed E-state index contributed by atoms with van der Waals surface area (Å²) in [6.07, 6.45) is 7.00. The number of ether oxygens (including phenoxy) is 5. The predicted molar refractivity (Wildman–Crippen MR) is 183 cm³/mol. The Morgan fingerprint density at radius 2 is 1.51 bits per heavy atom. The van der Waals surface area contributed by atoms with Gasteiger partial charge in [0.1, 0.15) is 40.9 Å². The van der Waals surface area contributed by atoms with Crippen molar-refractivity contribution in [1.29, 1.82) is 0 Å². The van der Waals surface area contributed by atoms with Crippen LogP contribution in [0.15, 0.2) is 97.3 Å². The SMILES string of the molecule is CCCc1c(OCCCOc2cc(OCc3ccccc3)c(-c3cnn(C)c3)cc2CC)cccc1Oc1ccccc1C(=O)OC. The minimum absolute atomic E-state index is 0.370. The van der Waals surface area contributed by atoms with Gasteiger partial charge in [-0.05, 0) is 54.3 Å². The lowest BCUT2D eigenvalue weighted by atomic mass is 10.0. The first-order chi connectivity index (χ1) is 23.0. The summed E-state index contributed by atoms with van der Waals surface area (Å²) in [6.45, 7) is 5.62. The van der Waals surface area contributed by atoms with Gasteiger partial charge in [0.25, 0.3) is 0 Å². The molecule has 0 radical (unpaired) electrons. The molecule has 5 aromatic rings. The summed E-state index contributed by atoms with van der Waals surface area (Å²) in [6, 6.07) is 27.1. The zero-order valence-electron chi connectivity index (χ0n) is 27.5. The number of rotatable bonds is 16. The van der Waals surface area contributed by atoms with Crippen LogP contribution >= 0.6 is 0 Å². The quantitative estimate of drug-likeness (QED) is 0.0794. The van der Waals surface area contributed by atoms with E-state index < -0.39 is 5.97 Å². The molecule has 0 bridgehead atoms. The van der Waals surface area contributed by atoms with E-state index in [1.807, 2.05) is 68.0 Å². The number of aryl methyl sites for hydroxylation is 2. The lowest BCUT2D eigenvalue weighted by Gasteiger charge is -2.18. The van der Waals surface area contributed by atoms with Gasteiger partial charge in [-0.1, -0.05) is 68.8 Å². The van der Waals surface area contributed by atoms with E-state index in [-0.39, 0.29) is 0 Å². The van der Waals surface area contributed by atoms with Crippen LogP contribution in [0.1, 0.15) is 53.7 Å². The van der Waals surface area contributed by atoms with Crippen LogP contribution in [0, 0.1) is 0 Å². The van der Waals surface area contributed by atoms with Crippen LogP contribution in [0.5, 0.6) is 28.7 Å². The molecule has 0 atom stereocenters. The molecule has 0 aliphatic rings. The Bertz CT molecular complexity index is 1770. The molecule has 244 valence electrons. The number of carbonyl (C=O) groups is 1. The maximum atomic E-state index is 12.3. The number of hydrogen-bond donors (Lipinski definition) is 0. The molecule has 8 heteroatoms. The number of benzene rings is 4. The third kappa shape index (κ3) is 8.52. The Hall–Kier alpha value is -5.24. The number of para-hydroxylation sites is 1. The molecule has 0 aliphatic carbocycles. The van der Waals surface area contributed by atoms with E-state index in [9.17, 15) is 4.79 Å². The minimum atomic E-state index is -0.446. The summed E-state index contributed by atoms with van der Waals surface area (Å²) >= 11 is 0. The Labute approximate surface area is 276 Å². The van der Waals surface area contributed by atoms with Crippen LogP contribution in [0.25, 0.3) is 11.1 Å². The van der Waals surface area contributed by atoms with Gasteiger partial charge in [0.2, 0.25) is 0 Å². The first-order valence-electron chi connectivity index (χ1n) is 16.1. The summed E-state index contributed by atoms with van der Waals surface area (Å²) in [5, 5.41) is 4.37. The lowest BCUT2D eigenvalue weighted by molar-refractivity contribution is 0.0598. The Morgan fingerprint density at radius 1 is 0.787 bits per heavy atom. The number of hydrogen-bond acceptors (Lipinski definition) is 7. The van der Waals surface area contributed by atoms with Gasteiger partial charge in [-0.25, -0.2) is 4.79 Å². The number of methoxy groups -OCH3 is 1. The zero-order chi connectivity index (χ0) is 33.0. The van der Waals surface area contributed by atoms with Gasteiger partial charge < -0.3 is 23.7 Å². The second-order valence-electron chi connectivity index (χ2n) is 11.1. The van der Waals surface area contributed by atoms with E-state index >= 15 is 0 Å². The van der Waals surface area contributed by atoms with Crippen molar-refractivity contribution in [2.24, 2.45) is 7.05 Å². The third-order valence-electron chi connectivity index (χ3n) is 7.70. The van der Waals surface area contributed by atoms with Gasteiger partial charge >= 0.3 is 5.97 Å². The number of nitrogens with zero attached hydrogens (tertiary/aromatic N) is 2. The van der Waals surface area contributed by atoms with E-state index in [1.54, 1.807) is 22.9 Å². The van der Waals surface area contributed by atoms with Crippen molar-refractivity contribution in [2.45, 2.75) is 46.1 Å². The van der Waals surface area contributed by atoms with E-state index in [4.69, 9.17) is 23.7 Å². The van der Waals surface area contributed by atoms with Crippen molar-refractivity contribution in [1.82, 2.24) is 9.78 Å². The summed E-state index contributed by atoms with van der Waals surface area (Å²) in [5.74, 6) is 2.95. The first kappa shape index (κ1) is 33.1. The van der Waals surface area contributed by atoms with Crippen molar-refractivity contribution in [3.63, 3.8) is 0 Å². The Balaban J connectivity index is 1.26.